The summed E-state index contributed by atoms with van der Waals surface area (Å²) < 4.78 is 34.6. The summed E-state index contributed by atoms with van der Waals surface area (Å²) in [6, 6.07) is 16.3. The maximum Gasteiger partial charge on any atom is 0.307 e. The van der Waals surface area contributed by atoms with E-state index in [0.717, 1.165) is 0 Å². The average molecular weight is 514 g/mol. The minimum absolute atomic E-state index is 0.0295. The lowest BCUT2D eigenvalue weighted by Crippen LogP contribution is -2.23. The molecule has 0 aromatic heterocycles. The summed E-state index contributed by atoms with van der Waals surface area (Å²) in [4.78, 5) is 23.0. The summed E-state index contributed by atoms with van der Waals surface area (Å²) in [5, 5.41) is 21.0. The molecule has 0 atom stereocenters. The highest BCUT2D eigenvalue weighted by Crippen LogP contribution is 2.34. The Labute approximate surface area is 207 Å². The van der Waals surface area contributed by atoms with Crippen LogP contribution in [0.4, 0.5) is 5.69 Å². The van der Waals surface area contributed by atoms with Gasteiger partial charge in [0.25, 0.3) is 15.9 Å². The molecule has 3 aromatic rings. The predicted molar refractivity (Wildman–Crippen MR) is 129 cm³/mol. The Balaban J connectivity index is 2.05. The molecule has 0 aliphatic carbocycles. The molecule has 9 nitrogen and oxygen atoms in total. The maximum atomic E-state index is 13.2. The van der Waals surface area contributed by atoms with Crippen LogP contribution in [0.15, 0.2) is 65.6 Å². The summed E-state index contributed by atoms with van der Waals surface area (Å²) in [6.45, 7) is 2.11. The molecule has 0 radical (unpaired) electrons. The normalized spacial score (nSPS) is 10.8. The van der Waals surface area contributed by atoms with Gasteiger partial charge >= 0.3 is 5.97 Å². The smallest absolute Gasteiger partial charge is 0.307 e. The molecule has 0 fully saturated rings. The van der Waals surface area contributed by atoms with Gasteiger partial charge in [0.2, 0.25) is 0 Å². The molecule has 3 aromatic carbocycles. The molecule has 35 heavy (non-hydrogen) atoms. The van der Waals surface area contributed by atoms with Gasteiger partial charge in [0, 0.05) is 12.1 Å². The highest BCUT2D eigenvalue weighted by atomic mass is 35.5. The fraction of sp³-hybridized carbons (Fsp3) is 0.125. The SMILES string of the molecule is CCNC(=O)c1ccc(Oc2cccc(CC(=O)O)c2)c(NS(=O)(=O)c2cccc(Cl)c2C#N)c1. The predicted octanol–water partition coefficient (Wildman–Crippen LogP) is 4.18. The lowest BCUT2D eigenvalue weighted by Gasteiger charge is -2.16. The highest BCUT2D eigenvalue weighted by molar-refractivity contribution is 7.92. The van der Waals surface area contributed by atoms with Crippen LogP contribution in [-0.4, -0.2) is 31.9 Å². The first-order valence-electron chi connectivity index (χ1n) is 10.3. The van der Waals surface area contributed by atoms with Gasteiger partial charge in [0.1, 0.15) is 16.7 Å². The van der Waals surface area contributed by atoms with Crippen molar-refractivity contribution >= 4 is 39.2 Å². The number of anilines is 1. The standard InChI is InChI=1S/C24H20ClN3O6S/c1-2-27-24(31)16-9-10-21(34-17-6-3-5-15(11-17)12-23(29)30)20(13-16)28-35(32,33)22-8-4-7-19(25)18(22)14-26/h3-11,13,28H,2,12H2,1H3,(H,27,31)(H,29,30). The maximum absolute atomic E-state index is 13.2. The highest BCUT2D eigenvalue weighted by Gasteiger charge is 2.23. The van der Waals surface area contributed by atoms with Crippen LogP contribution in [0.2, 0.25) is 5.02 Å². The molecule has 0 bridgehead atoms. The van der Waals surface area contributed by atoms with E-state index in [9.17, 15) is 23.3 Å². The van der Waals surface area contributed by atoms with Crippen molar-refractivity contribution < 1.29 is 27.9 Å². The number of hydrogen-bond acceptors (Lipinski definition) is 6. The van der Waals surface area contributed by atoms with Crippen molar-refractivity contribution in [1.82, 2.24) is 5.32 Å². The Bertz CT molecular complexity index is 1430. The fourth-order valence-electron chi connectivity index (χ4n) is 3.16. The molecule has 0 aliphatic rings. The summed E-state index contributed by atoms with van der Waals surface area (Å²) in [5.74, 6) is -1.13. The Hall–Kier alpha value is -4.07. The summed E-state index contributed by atoms with van der Waals surface area (Å²) in [6.07, 6.45) is -0.224. The Morgan fingerprint density at radius 3 is 2.54 bits per heavy atom. The summed E-state index contributed by atoms with van der Waals surface area (Å²) in [5.41, 5.74) is 0.350. The molecule has 11 heteroatoms. The van der Waals surface area contributed by atoms with Crippen molar-refractivity contribution in [2.24, 2.45) is 0 Å². The number of nitrogens with zero attached hydrogens (tertiary/aromatic N) is 1. The molecule has 1 amide bonds. The third-order valence-corrected chi connectivity index (χ3v) is 6.40. The molecule has 0 aliphatic heterocycles. The number of halogens is 1. The van der Waals surface area contributed by atoms with Crippen LogP contribution < -0.4 is 14.8 Å². The minimum atomic E-state index is -4.32. The fourth-order valence-corrected chi connectivity index (χ4v) is 4.67. The number of aliphatic carboxylic acids is 1. The van der Waals surface area contributed by atoms with Gasteiger partial charge in [-0.3, -0.25) is 14.3 Å². The quantitative estimate of drug-likeness (QED) is 0.389. The van der Waals surface area contributed by atoms with Gasteiger partial charge in [0.15, 0.2) is 5.75 Å². The van der Waals surface area contributed by atoms with Gasteiger partial charge in [-0.25, -0.2) is 8.42 Å². The molecular formula is C24H20ClN3O6S. The zero-order valence-electron chi connectivity index (χ0n) is 18.4. The monoisotopic (exact) mass is 513 g/mol. The molecule has 0 saturated heterocycles. The van der Waals surface area contributed by atoms with Crippen LogP contribution in [0.5, 0.6) is 11.5 Å². The van der Waals surface area contributed by atoms with Crippen LogP contribution in [0.25, 0.3) is 0 Å². The van der Waals surface area contributed by atoms with E-state index in [1.165, 1.54) is 42.5 Å². The van der Waals surface area contributed by atoms with Gasteiger partial charge < -0.3 is 15.2 Å². The van der Waals surface area contributed by atoms with E-state index < -0.39 is 21.9 Å². The summed E-state index contributed by atoms with van der Waals surface area (Å²) in [7, 11) is -4.32. The molecule has 3 rings (SSSR count). The minimum Gasteiger partial charge on any atom is -0.481 e. The molecular weight excluding hydrogens is 494 g/mol. The van der Waals surface area contributed by atoms with Crippen LogP contribution in [0.1, 0.15) is 28.4 Å². The van der Waals surface area contributed by atoms with Crippen molar-refractivity contribution in [3.8, 4) is 17.6 Å². The van der Waals surface area contributed by atoms with E-state index in [1.807, 2.05) is 0 Å². The number of carbonyl (C=O) groups excluding carboxylic acids is 1. The number of hydrogen-bond donors (Lipinski definition) is 3. The number of amides is 1. The van der Waals surface area contributed by atoms with Crippen LogP contribution in [-0.2, 0) is 21.2 Å². The first kappa shape index (κ1) is 25.6. The second kappa shape index (κ2) is 10.9. The van der Waals surface area contributed by atoms with Gasteiger partial charge in [-0.1, -0.05) is 29.8 Å². The number of carboxylic acid groups (broad SMARTS) is 1. The Kier molecular flexibility index (Phi) is 7.96. The third-order valence-electron chi connectivity index (χ3n) is 4.68. The second-order valence-electron chi connectivity index (χ2n) is 7.22. The van der Waals surface area contributed by atoms with E-state index in [1.54, 1.807) is 31.2 Å². The van der Waals surface area contributed by atoms with Crippen LogP contribution >= 0.6 is 11.6 Å². The number of ether oxygens (including phenoxy) is 1. The number of sulfonamides is 1. The number of rotatable bonds is 9. The molecule has 0 saturated carbocycles. The molecule has 0 spiro atoms. The van der Waals surface area contributed by atoms with Crippen molar-refractivity contribution in [2.45, 2.75) is 18.2 Å². The first-order valence-corrected chi connectivity index (χ1v) is 12.1. The number of carbonyl (C=O) groups is 2. The van der Waals surface area contributed by atoms with Crippen molar-refractivity contribution in [1.29, 1.82) is 5.26 Å². The van der Waals surface area contributed by atoms with Gasteiger partial charge in [-0.2, -0.15) is 5.26 Å². The first-order chi connectivity index (χ1) is 16.6. The number of benzene rings is 3. The second-order valence-corrected chi connectivity index (χ2v) is 9.28. The van der Waals surface area contributed by atoms with Crippen molar-refractivity contribution in [3.63, 3.8) is 0 Å². The number of nitrogens with one attached hydrogen (secondary N) is 2. The van der Waals surface area contributed by atoms with E-state index >= 15 is 0 Å². The molecule has 180 valence electrons. The van der Waals surface area contributed by atoms with Gasteiger partial charge in [-0.15, -0.1) is 0 Å². The van der Waals surface area contributed by atoms with Crippen molar-refractivity contribution in [3.05, 3.63) is 82.4 Å². The largest absolute Gasteiger partial charge is 0.481 e. The van der Waals surface area contributed by atoms with Crippen molar-refractivity contribution in [2.75, 3.05) is 11.3 Å². The van der Waals surface area contributed by atoms with E-state index in [4.69, 9.17) is 21.4 Å². The average Bonchev–Trinajstić information content (AvgIpc) is 2.80. The van der Waals surface area contributed by atoms with E-state index in [-0.39, 0.29) is 44.7 Å². The van der Waals surface area contributed by atoms with Gasteiger partial charge in [0.05, 0.1) is 22.7 Å². The lowest BCUT2D eigenvalue weighted by molar-refractivity contribution is -0.136. The zero-order chi connectivity index (χ0) is 25.6. The lowest BCUT2D eigenvalue weighted by atomic mass is 10.1. The third kappa shape index (κ3) is 6.29. The topological polar surface area (TPSA) is 146 Å². The molecule has 0 heterocycles. The summed E-state index contributed by atoms with van der Waals surface area (Å²) >= 11 is 6.00. The van der Waals surface area contributed by atoms with Gasteiger partial charge in [-0.05, 0) is 55.0 Å². The zero-order valence-corrected chi connectivity index (χ0v) is 20.0. The Morgan fingerprint density at radius 1 is 1.11 bits per heavy atom. The van der Waals surface area contributed by atoms with E-state index in [2.05, 4.69) is 10.0 Å². The molecule has 0 unspecified atom stereocenters. The Morgan fingerprint density at radius 2 is 1.86 bits per heavy atom. The van der Waals surface area contributed by atoms with Crippen LogP contribution in [0, 0.1) is 11.3 Å². The molecule has 3 N–H and O–H groups in total. The van der Waals surface area contributed by atoms with E-state index in [0.29, 0.717) is 12.1 Å². The number of nitriles is 1. The van der Waals surface area contributed by atoms with Crippen LogP contribution in [0.3, 0.4) is 0 Å². The number of carboxylic acids is 1.